The van der Waals surface area contributed by atoms with Crippen LogP contribution in [0.2, 0.25) is 0 Å². The molecular formula is C12H27NO7Ti. The molecule has 0 aliphatic carbocycles. The molecule has 0 amide bonds. The van der Waals surface area contributed by atoms with Gasteiger partial charge in [0, 0.05) is 54.2 Å². The molecule has 0 aliphatic heterocycles. The maximum atomic E-state index is 9.37. The summed E-state index contributed by atoms with van der Waals surface area (Å²) in [4.78, 5) is 20.5. The van der Waals surface area contributed by atoms with Crippen LogP contribution in [0.25, 0.3) is 0 Å². The fourth-order valence-electron chi connectivity index (χ4n) is 0.760. The molecule has 0 heterocycles. The number of rotatable bonds is 8. The second-order valence-electron chi connectivity index (χ2n) is 3.51. The molecule has 21 heavy (non-hydrogen) atoms. The van der Waals surface area contributed by atoms with E-state index in [1.807, 2.05) is 0 Å². The molecule has 0 aliphatic rings. The number of aliphatic hydroxyl groups is 3. The minimum Gasteiger partial charge on any atom is -0.481 e. The van der Waals surface area contributed by atoms with Gasteiger partial charge in [0.25, 0.3) is 0 Å². The van der Waals surface area contributed by atoms with Crippen LogP contribution in [0.1, 0.15) is 26.7 Å². The Morgan fingerprint density at radius 2 is 0.952 bits per heavy atom. The molecule has 0 saturated heterocycles. The van der Waals surface area contributed by atoms with Crippen LogP contribution < -0.4 is 0 Å². The van der Waals surface area contributed by atoms with Crippen molar-refractivity contribution >= 4 is 11.9 Å². The van der Waals surface area contributed by atoms with Gasteiger partial charge in [0.15, 0.2) is 0 Å². The number of aliphatic hydroxyl groups excluding tert-OH is 3. The fraction of sp³-hybridized carbons (Fsp3) is 0.833. The van der Waals surface area contributed by atoms with Gasteiger partial charge in [-0.2, -0.15) is 0 Å². The first-order valence-corrected chi connectivity index (χ1v) is 6.37. The number of nitrogens with zero attached hydrogens (tertiary/aromatic N) is 1. The van der Waals surface area contributed by atoms with Crippen LogP contribution >= 0.6 is 0 Å². The molecule has 126 valence electrons. The average molecular weight is 345 g/mol. The zero-order valence-electron chi connectivity index (χ0n) is 12.7. The van der Waals surface area contributed by atoms with Gasteiger partial charge in [-0.15, -0.1) is 0 Å². The van der Waals surface area contributed by atoms with Crippen LogP contribution in [0, 0.1) is 0 Å². The Morgan fingerprint density at radius 3 is 1.05 bits per heavy atom. The standard InChI is InChI=1S/C6H15NO3.2C3H6O2.Ti/c8-4-1-7(2-5-9)3-6-10;2*1-2-3(4)5;/h8-10H,1-6H2;2*2H2,1H3,(H,4,5);. The molecular weight excluding hydrogens is 318 g/mol. The van der Waals surface area contributed by atoms with Gasteiger partial charge in [-0.05, 0) is 0 Å². The third-order valence-corrected chi connectivity index (χ3v) is 1.85. The second-order valence-corrected chi connectivity index (χ2v) is 3.51. The van der Waals surface area contributed by atoms with E-state index in [1.165, 1.54) is 0 Å². The van der Waals surface area contributed by atoms with Crippen LogP contribution in [0.3, 0.4) is 0 Å². The van der Waals surface area contributed by atoms with Crippen molar-refractivity contribution in [3.8, 4) is 0 Å². The summed E-state index contributed by atoms with van der Waals surface area (Å²) in [6, 6.07) is 0. The molecule has 0 atom stereocenters. The van der Waals surface area contributed by atoms with Gasteiger partial charge in [-0.3, -0.25) is 14.5 Å². The van der Waals surface area contributed by atoms with E-state index in [0.29, 0.717) is 19.6 Å². The van der Waals surface area contributed by atoms with E-state index < -0.39 is 11.9 Å². The molecule has 9 heteroatoms. The van der Waals surface area contributed by atoms with E-state index in [4.69, 9.17) is 25.5 Å². The Morgan fingerprint density at radius 1 is 0.762 bits per heavy atom. The Labute approximate surface area is 140 Å². The maximum absolute atomic E-state index is 9.37. The summed E-state index contributed by atoms with van der Waals surface area (Å²) in [5.41, 5.74) is 0. The number of carbonyl (C=O) groups is 2. The quantitative estimate of drug-likeness (QED) is 0.361. The number of carboxylic acid groups (broad SMARTS) is 2. The fourth-order valence-corrected chi connectivity index (χ4v) is 0.760. The molecule has 0 aromatic rings. The number of hydrogen-bond donors (Lipinski definition) is 5. The molecule has 0 aromatic heterocycles. The Kier molecular flexibility index (Phi) is 33.4. The molecule has 0 saturated carbocycles. The van der Waals surface area contributed by atoms with Gasteiger partial charge >= 0.3 is 11.9 Å². The van der Waals surface area contributed by atoms with Gasteiger partial charge in [-0.25, -0.2) is 0 Å². The summed E-state index contributed by atoms with van der Waals surface area (Å²) in [5.74, 6) is -1.49. The zero-order chi connectivity index (χ0) is 16.4. The van der Waals surface area contributed by atoms with E-state index in [9.17, 15) is 9.59 Å². The molecule has 0 unspecified atom stereocenters. The van der Waals surface area contributed by atoms with Crippen LogP contribution in [-0.4, -0.2) is 81.8 Å². The summed E-state index contributed by atoms with van der Waals surface area (Å²) in [6.45, 7) is 4.95. The molecule has 0 bridgehead atoms. The monoisotopic (exact) mass is 345 g/mol. The number of hydrogen-bond acceptors (Lipinski definition) is 6. The van der Waals surface area contributed by atoms with Crippen molar-refractivity contribution in [1.82, 2.24) is 4.90 Å². The summed E-state index contributed by atoms with van der Waals surface area (Å²) in [7, 11) is 0. The average Bonchev–Trinajstić information content (AvgIpc) is 2.41. The molecule has 0 fully saturated rings. The van der Waals surface area contributed by atoms with Crippen molar-refractivity contribution in [3.63, 3.8) is 0 Å². The predicted molar refractivity (Wildman–Crippen MR) is 73.6 cm³/mol. The smallest absolute Gasteiger partial charge is 0.303 e. The molecule has 0 radical (unpaired) electrons. The number of carboxylic acids is 2. The molecule has 0 aromatic carbocycles. The van der Waals surface area contributed by atoms with Crippen molar-refractivity contribution in [2.24, 2.45) is 0 Å². The summed E-state index contributed by atoms with van der Waals surface area (Å²) < 4.78 is 0. The van der Waals surface area contributed by atoms with Crippen LogP contribution in [0.4, 0.5) is 0 Å². The first-order chi connectivity index (χ1) is 9.39. The molecule has 5 N–H and O–H groups in total. The molecule has 0 rings (SSSR count). The van der Waals surface area contributed by atoms with Crippen molar-refractivity contribution in [2.75, 3.05) is 39.5 Å². The molecule has 0 spiro atoms. The van der Waals surface area contributed by atoms with E-state index in [1.54, 1.807) is 18.7 Å². The van der Waals surface area contributed by atoms with Crippen molar-refractivity contribution < 1.29 is 56.8 Å². The van der Waals surface area contributed by atoms with Crippen molar-refractivity contribution in [2.45, 2.75) is 26.7 Å². The second kappa shape index (κ2) is 24.5. The number of aliphatic carboxylic acids is 2. The van der Waals surface area contributed by atoms with Gasteiger partial charge in [0.05, 0.1) is 19.8 Å². The summed E-state index contributed by atoms with van der Waals surface area (Å²) >= 11 is 0. The summed E-state index contributed by atoms with van der Waals surface area (Å²) in [5, 5.41) is 40.9. The SMILES string of the molecule is CCC(=O)O.CCC(=O)O.OCCN(CCO)CCO.[Ti]. The normalized spacial score (nSPS) is 8.67. The van der Waals surface area contributed by atoms with Crippen LogP contribution in [-0.2, 0) is 31.3 Å². The Bertz CT molecular complexity index is 201. The van der Waals surface area contributed by atoms with E-state index >= 15 is 0 Å². The Hall–Kier alpha value is -0.506. The topological polar surface area (TPSA) is 139 Å². The van der Waals surface area contributed by atoms with Crippen LogP contribution in [0.5, 0.6) is 0 Å². The van der Waals surface area contributed by atoms with Gasteiger partial charge in [0.2, 0.25) is 0 Å². The summed E-state index contributed by atoms with van der Waals surface area (Å²) in [6.07, 6.45) is 0.444. The van der Waals surface area contributed by atoms with Gasteiger partial charge in [-0.1, -0.05) is 13.8 Å². The predicted octanol–water partition coefficient (Wildman–Crippen LogP) is -0.775. The maximum Gasteiger partial charge on any atom is 0.303 e. The van der Waals surface area contributed by atoms with Crippen molar-refractivity contribution in [1.29, 1.82) is 0 Å². The van der Waals surface area contributed by atoms with Gasteiger partial charge < -0.3 is 25.5 Å². The van der Waals surface area contributed by atoms with Crippen LogP contribution in [0.15, 0.2) is 0 Å². The first-order valence-electron chi connectivity index (χ1n) is 6.37. The largest absolute Gasteiger partial charge is 0.481 e. The van der Waals surface area contributed by atoms with Crippen molar-refractivity contribution in [3.05, 3.63) is 0 Å². The van der Waals surface area contributed by atoms with E-state index in [-0.39, 0.29) is 54.4 Å². The minimum absolute atomic E-state index is 0. The van der Waals surface area contributed by atoms with E-state index in [2.05, 4.69) is 0 Å². The Balaban J connectivity index is -0.000000112. The third-order valence-electron chi connectivity index (χ3n) is 1.85. The zero-order valence-corrected chi connectivity index (χ0v) is 14.2. The van der Waals surface area contributed by atoms with Gasteiger partial charge in [0.1, 0.15) is 0 Å². The third kappa shape index (κ3) is 38.2. The molecule has 8 nitrogen and oxygen atoms in total. The first kappa shape index (κ1) is 28.6. The van der Waals surface area contributed by atoms with E-state index in [0.717, 1.165) is 0 Å². The minimum atomic E-state index is -0.745.